The Morgan fingerprint density at radius 3 is 2.71 bits per heavy atom. The average Bonchev–Trinajstić information content (AvgIpc) is 2.42. The van der Waals surface area contributed by atoms with Crippen LogP contribution in [0.4, 0.5) is 5.82 Å². The maximum atomic E-state index is 12.2. The van der Waals surface area contributed by atoms with E-state index >= 15 is 0 Å². The molecule has 0 spiro atoms. The van der Waals surface area contributed by atoms with E-state index in [-0.39, 0.29) is 28.6 Å². The van der Waals surface area contributed by atoms with Crippen LogP contribution in [0.1, 0.15) is 12.8 Å². The summed E-state index contributed by atoms with van der Waals surface area (Å²) in [6, 6.07) is 0.136. The van der Waals surface area contributed by atoms with Gasteiger partial charge in [-0.25, -0.2) is 19.2 Å². The van der Waals surface area contributed by atoms with E-state index in [0.717, 1.165) is 12.3 Å². The van der Waals surface area contributed by atoms with E-state index in [0.29, 0.717) is 0 Å². The summed E-state index contributed by atoms with van der Waals surface area (Å²) in [6.07, 6.45) is 1.21. The molecule has 0 aliphatic carbocycles. The first-order valence-electron chi connectivity index (χ1n) is 5.81. The Balaban J connectivity index is 2.20. The molecule has 2 heterocycles. The third kappa shape index (κ3) is 3.47. The SMILES string of the molecule is NNc1ncc(S(=O)(=O)NC2CCC(=O)NC2=O)cc1Cl. The van der Waals surface area contributed by atoms with Crippen molar-refractivity contribution in [3.8, 4) is 0 Å². The maximum Gasteiger partial charge on any atom is 0.244 e. The van der Waals surface area contributed by atoms with E-state index in [9.17, 15) is 18.0 Å². The van der Waals surface area contributed by atoms with Crippen molar-refractivity contribution in [1.82, 2.24) is 15.0 Å². The van der Waals surface area contributed by atoms with Crippen LogP contribution in [0, 0.1) is 0 Å². The van der Waals surface area contributed by atoms with Gasteiger partial charge in [0.15, 0.2) is 5.82 Å². The van der Waals surface area contributed by atoms with Gasteiger partial charge in [0.2, 0.25) is 21.8 Å². The number of hydrogen-bond donors (Lipinski definition) is 4. The van der Waals surface area contributed by atoms with E-state index in [2.05, 4.69) is 20.4 Å². The maximum absolute atomic E-state index is 12.2. The van der Waals surface area contributed by atoms with Crippen LogP contribution >= 0.6 is 11.6 Å². The highest BCUT2D eigenvalue weighted by molar-refractivity contribution is 7.89. The number of amides is 2. The number of nitrogens with one attached hydrogen (secondary N) is 3. The second-order valence-corrected chi connectivity index (χ2v) is 6.39. The number of anilines is 1. The first-order chi connectivity index (χ1) is 9.83. The number of imide groups is 1. The molecule has 1 aliphatic heterocycles. The van der Waals surface area contributed by atoms with Crippen molar-refractivity contribution in [2.45, 2.75) is 23.8 Å². The van der Waals surface area contributed by atoms with Crippen LogP contribution in [0.3, 0.4) is 0 Å². The molecule has 0 bridgehead atoms. The van der Waals surface area contributed by atoms with Gasteiger partial charge in [-0.2, -0.15) is 4.72 Å². The van der Waals surface area contributed by atoms with Crippen molar-refractivity contribution in [3.63, 3.8) is 0 Å². The first kappa shape index (κ1) is 15.6. The summed E-state index contributed by atoms with van der Waals surface area (Å²) in [7, 11) is -4.00. The molecule has 21 heavy (non-hydrogen) atoms. The van der Waals surface area contributed by atoms with Gasteiger partial charge in [0.05, 0.1) is 5.02 Å². The summed E-state index contributed by atoms with van der Waals surface area (Å²) >= 11 is 5.80. The highest BCUT2D eigenvalue weighted by Crippen LogP contribution is 2.22. The summed E-state index contributed by atoms with van der Waals surface area (Å²) in [5.41, 5.74) is 2.21. The van der Waals surface area contributed by atoms with Crippen molar-refractivity contribution < 1.29 is 18.0 Å². The summed E-state index contributed by atoms with van der Waals surface area (Å²) in [5, 5.41) is 2.08. The van der Waals surface area contributed by atoms with E-state index in [1.54, 1.807) is 0 Å². The molecule has 9 nitrogen and oxygen atoms in total. The molecular formula is C10H12ClN5O4S. The van der Waals surface area contributed by atoms with Crippen molar-refractivity contribution in [1.29, 1.82) is 0 Å². The molecule has 1 unspecified atom stereocenters. The molecule has 0 radical (unpaired) electrons. The quantitative estimate of drug-likeness (QED) is 0.317. The van der Waals surface area contributed by atoms with Crippen molar-refractivity contribution in [3.05, 3.63) is 17.3 Å². The number of nitrogen functional groups attached to an aromatic ring is 1. The van der Waals surface area contributed by atoms with Crippen LogP contribution in [0.2, 0.25) is 5.02 Å². The van der Waals surface area contributed by atoms with Crippen LogP contribution < -0.4 is 21.3 Å². The topological polar surface area (TPSA) is 143 Å². The molecule has 2 amide bonds. The predicted molar refractivity (Wildman–Crippen MR) is 73.6 cm³/mol. The lowest BCUT2D eigenvalue weighted by molar-refractivity contribution is -0.134. The van der Waals surface area contributed by atoms with Crippen LogP contribution in [-0.2, 0) is 19.6 Å². The second-order valence-electron chi connectivity index (χ2n) is 4.27. The van der Waals surface area contributed by atoms with Crippen LogP contribution in [0.25, 0.3) is 0 Å². The fourth-order valence-electron chi connectivity index (χ4n) is 1.73. The van der Waals surface area contributed by atoms with E-state index in [4.69, 9.17) is 17.4 Å². The normalized spacial score (nSPS) is 19.2. The minimum absolute atomic E-state index is 0.0173. The fraction of sp³-hybridized carbons (Fsp3) is 0.300. The Morgan fingerprint density at radius 1 is 1.43 bits per heavy atom. The Bertz CT molecular complexity index is 693. The average molecular weight is 334 g/mol. The zero-order valence-corrected chi connectivity index (χ0v) is 12.2. The Kier molecular flexibility index (Phi) is 4.42. The summed E-state index contributed by atoms with van der Waals surface area (Å²) < 4.78 is 26.5. The fourth-order valence-corrected chi connectivity index (χ4v) is 3.22. The highest BCUT2D eigenvalue weighted by atomic mass is 35.5. The number of hydrogen-bond acceptors (Lipinski definition) is 7. The molecule has 1 aliphatic rings. The molecule has 0 saturated carbocycles. The van der Waals surface area contributed by atoms with Gasteiger partial charge in [0.1, 0.15) is 10.9 Å². The number of sulfonamides is 1. The summed E-state index contributed by atoms with van der Waals surface area (Å²) in [4.78, 5) is 26.1. The third-order valence-electron chi connectivity index (χ3n) is 2.80. The number of nitrogens with zero attached hydrogens (tertiary/aromatic N) is 1. The van der Waals surface area contributed by atoms with E-state index in [1.165, 1.54) is 0 Å². The van der Waals surface area contributed by atoms with Gasteiger partial charge >= 0.3 is 0 Å². The molecule has 1 aromatic rings. The number of pyridine rings is 1. The van der Waals surface area contributed by atoms with Crippen molar-refractivity contribution in [2.24, 2.45) is 5.84 Å². The Labute approximate surface area is 125 Å². The number of aromatic nitrogens is 1. The Hall–Kier alpha value is -1.75. The van der Waals surface area contributed by atoms with Gasteiger partial charge < -0.3 is 5.43 Å². The van der Waals surface area contributed by atoms with Gasteiger partial charge in [-0.05, 0) is 12.5 Å². The lowest BCUT2D eigenvalue weighted by atomic mass is 10.1. The molecule has 114 valence electrons. The minimum Gasteiger partial charge on any atom is -0.307 e. The number of nitrogens with two attached hydrogens (primary N) is 1. The van der Waals surface area contributed by atoms with Gasteiger partial charge in [-0.1, -0.05) is 11.6 Å². The number of hydrazine groups is 1. The number of rotatable bonds is 4. The van der Waals surface area contributed by atoms with E-state index < -0.39 is 27.9 Å². The number of piperidine rings is 1. The largest absolute Gasteiger partial charge is 0.307 e. The lowest BCUT2D eigenvalue weighted by Crippen LogP contribution is -2.52. The highest BCUT2D eigenvalue weighted by Gasteiger charge is 2.31. The van der Waals surface area contributed by atoms with Crippen LogP contribution in [0.5, 0.6) is 0 Å². The molecule has 11 heteroatoms. The standard InChI is InChI=1S/C10H12ClN5O4S/c11-6-3-5(4-13-9(6)15-12)21(19,20)16-7-1-2-8(17)14-10(7)18/h3-4,7,16H,1-2,12H2,(H,13,15)(H,14,17,18). The monoisotopic (exact) mass is 333 g/mol. The van der Waals surface area contributed by atoms with Gasteiger partial charge in [0, 0.05) is 12.6 Å². The number of carbonyl (C=O) groups excluding carboxylic acids is 2. The molecule has 5 N–H and O–H groups in total. The molecule has 0 aromatic carbocycles. The van der Waals surface area contributed by atoms with Gasteiger partial charge in [0.25, 0.3) is 0 Å². The summed E-state index contributed by atoms with van der Waals surface area (Å²) in [6.45, 7) is 0. The minimum atomic E-state index is -4.00. The number of halogens is 1. The zero-order valence-electron chi connectivity index (χ0n) is 10.6. The van der Waals surface area contributed by atoms with Gasteiger partial charge in [-0.15, -0.1) is 0 Å². The third-order valence-corrected chi connectivity index (χ3v) is 4.53. The Morgan fingerprint density at radius 2 is 2.14 bits per heavy atom. The molecule has 2 rings (SSSR count). The lowest BCUT2D eigenvalue weighted by Gasteiger charge is -2.21. The molecule has 1 atom stereocenters. The smallest absolute Gasteiger partial charge is 0.244 e. The van der Waals surface area contributed by atoms with E-state index in [1.807, 2.05) is 0 Å². The molecule has 1 fully saturated rings. The second kappa shape index (κ2) is 5.93. The molecule has 1 saturated heterocycles. The molecular weight excluding hydrogens is 322 g/mol. The predicted octanol–water partition coefficient (Wildman–Crippen LogP) is -0.896. The summed E-state index contributed by atoms with van der Waals surface area (Å²) in [5.74, 6) is 4.15. The van der Waals surface area contributed by atoms with Crippen LogP contribution in [0.15, 0.2) is 17.2 Å². The molecule has 1 aromatic heterocycles. The van der Waals surface area contributed by atoms with Crippen LogP contribution in [-0.4, -0.2) is 31.3 Å². The van der Waals surface area contributed by atoms with Crippen molar-refractivity contribution in [2.75, 3.05) is 5.43 Å². The van der Waals surface area contributed by atoms with Crippen molar-refractivity contribution >= 4 is 39.3 Å². The van der Waals surface area contributed by atoms with Gasteiger partial charge in [-0.3, -0.25) is 14.9 Å². The first-order valence-corrected chi connectivity index (χ1v) is 7.68. The number of carbonyl (C=O) groups is 2. The zero-order chi connectivity index (χ0) is 15.6.